The summed E-state index contributed by atoms with van der Waals surface area (Å²) in [6.07, 6.45) is 4.70. The van der Waals surface area contributed by atoms with E-state index in [0.29, 0.717) is 6.42 Å². The van der Waals surface area contributed by atoms with Gasteiger partial charge in [-0.15, -0.1) is 0 Å². The van der Waals surface area contributed by atoms with Crippen LogP contribution in [0, 0.1) is 27.7 Å². The second kappa shape index (κ2) is 5.12. The van der Waals surface area contributed by atoms with Crippen molar-refractivity contribution < 1.29 is 5.11 Å². The number of allylic oxidation sites excluding steroid dienone is 1. The molecule has 0 aliphatic rings. The average Bonchev–Trinajstić information content (AvgIpc) is 2.77. The summed E-state index contributed by atoms with van der Waals surface area (Å²) in [5, 5.41) is 10.5. The lowest BCUT2D eigenvalue weighted by molar-refractivity contribution is 0.387. The van der Waals surface area contributed by atoms with E-state index in [2.05, 4.69) is 45.5 Å². The molecule has 1 aromatic heterocycles. The molecule has 0 unspecified atom stereocenters. The van der Waals surface area contributed by atoms with Crippen molar-refractivity contribution in [1.82, 2.24) is 4.98 Å². The van der Waals surface area contributed by atoms with Crippen LogP contribution in [0.1, 0.15) is 40.7 Å². The number of fused-ring (bicyclic) bond motifs is 1. The smallest absolute Gasteiger partial charge is 0.0851 e. The lowest BCUT2D eigenvalue weighted by Crippen LogP contribution is -1.94. The molecule has 0 atom stereocenters. The molecule has 0 radical (unpaired) electrons. The SMILES string of the molecule is C=C(O)CCCc1c[nH]c2c(C)c(C)c(C)c(C)c12. The zero-order valence-electron chi connectivity index (χ0n) is 12.4. The Kier molecular flexibility index (Phi) is 3.70. The summed E-state index contributed by atoms with van der Waals surface area (Å²) in [6.45, 7) is 12.3. The number of hydrogen-bond donors (Lipinski definition) is 2. The molecule has 19 heavy (non-hydrogen) atoms. The lowest BCUT2D eigenvalue weighted by Gasteiger charge is -2.12. The summed E-state index contributed by atoms with van der Waals surface area (Å²) in [4.78, 5) is 3.42. The van der Waals surface area contributed by atoms with Gasteiger partial charge in [0, 0.05) is 23.5 Å². The van der Waals surface area contributed by atoms with Crippen LogP contribution in [0.3, 0.4) is 0 Å². The molecule has 0 bridgehead atoms. The van der Waals surface area contributed by atoms with E-state index in [-0.39, 0.29) is 5.76 Å². The Bertz CT molecular complexity index is 634. The van der Waals surface area contributed by atoms with E-state index in [9.17, 15) is 5.11 Å². The molecule has 0 spiro atoms. The molecule has 0 aliphatic carbocycles. The number of H-pyrrole nitrogens is 1. The standard InChI is InChI=1S/C17H23NO/c1-10(19)7-6-8-15-9-18-17-14(5)12(3)11(2)13(4)16(15)17/h9,18-19H,1,6-8H2,2-5H3. The predicted octanol–water partition coefficient (Wildman–Crippen LogP) is 4.80. The maximum absolute atomic E-state index is 9.17. The van der Waals surface area contributed by atoms with Gasteiger partial charge in [0.25, 0.3) is 0 Å². The molecular weight excluding hydrogens is 234 g/mol. The van der Waals surface area contributed by atoms with Crippen LogP contribution in [0.15, 0.2) is 18.5 Å². The number of aromatic amines is 1. The van der Waals surface area contributed by atoms with Gasteiger partial charge in [-0.1, -0.05) is 6.58 Å². The van der Waals surface area contributed by atoms with Gasteiger partial charge in [0.15, 0.2) is 0 Å². The Hall–Kier alpha value is -1.70. The van der Waals surface area contributed by atoms with E-state index in [4.69, 9.17) is 0 Å². The van der Waals surface area contributed by atoms with Crippen LogP contribution in [0.4, 0.5) is 0 Å². The number of rotatable bonds is 4. The zero-order chi connectivity index (χ0) is 14.2. The minimum atomic E-state index is 0.278. The van der Waals surface area contributed by atoms with Gasteiger partial charge >= 0.3 is 0 Å². The molecule has 1 heterocycles. The third-order valence-electron chi connectivity index (χ3n) is 4.31. The Labute approximate surface area is 115 Å². The van der Waals surface area contributed by atoms with Crippen LogP contribution in [0.25, 0.3) is 10.9 Å². The molecule has 2 nitrogen and oxygen atoms in total. The normalized spacial score (nSPS) is 11.2. The minimum Gasteiger partial charge on any atom is -0.513 e. The van der Waals surface area contributed by atoms with Gasteiger partial charge in [-0.2, -0.15) is 0 Å². The van der Waals surface area contributed by atoms with E-state index >= 15 is 0 Å². The van der Waals surface area contributed by atoms with Crippen molar-refractivity contribution in [3.05, 3.63) is 46.4 Å². The van der Waals surface area contributed by atoms with E-state index in [1.807, 2.05) is 0 Å². The molecule has 2 heteroatoms. The summed E-state index contributed by atoms with van der Waals surface area (Å²) < 4.78 is 0. The zero-order valence-corrected chi connectivity index (χ0v) is 12.4. The highest BCUT2D eigenvalue weighted by atomic mass is 16.3. The Morgan fingerprint density at radius 1 is 1.11 bits per heavy atom. The molecule has 0 saturated heterocycles. The van der Waals surface area contributed by atoms with Crippen molar-refractivity contribution in [2.45, 2.75) is 47.0 Å². The fraction of sp³-hybridized carbons (Fsp3) is 0.412. The number of aryl methyl sites for hydroxylation is 3. The monoisotopic (exact) mass is 257 g/mol. The predicted molar refractivity (Wildman–Crippen MR) is 82.0 cm³/mol. The first-order valence-electron chi connectivity index (χ1n) is 6.86. The van der Waals surface area contributed by atoms with Crippen LogP contribution in [-0.4, -0.2) is 10.1 Å². The van der Waals surface area contributed by atoms with Gasteiger partial charge in [-0.25, -0.2) is 0 Å². The highest BCUT2D eigenvalue weighted by Crippen LogP contribution is 2.31. The van der Waals surface area contributed by atoms with Gasteiger partial charge in [0.2, 0.25) is 0 Å². The minimum absolute atomic E-state index is 0.278. The van der Waals surface area contributed by atoms with E-state index in [0.717, 1.165) is 12.8 Å². The molecule has 0 amide bonds. The summed E-state index contributed by atoms with van der Waals surface area (Å²) in [6, 6.07) is 0. The fourth-order valence-corrected chi connectivity index (χ4v) is 2.81. The van der Waals surface area contributed by atoms with Gasteiger partial charge in [-0.05, 0) is 68.4 Å². The Balaban J connectivity index is 2.45. The first-order valence-corrected chi connectivity index (χ1v) is 6.86. The van der Waals surface area contributed by atoms with Crippen LogP contribution in [0.2, 0.25) is 0 Å². The van der Waals surface area contributed by atoms with Crippen LogP contribution < -0.4 is 0 Å². The van der Waals surface area contributed by atoms with Crippen molar-refractivity contribution in [2.75, 3.05) is 0 Å². The number of aliphatic hydroxyl groups is 1. The number of nitrogens with one attached hydrogen (secondary N) is 1. The second-order valence-corrected chi connectivity index (χ2v) is 5.48. The van der Waals surface area contributed by atoms with Crippen molar-refractivity contribution in [1.29, 1.82) is 0 Å². The van der Waals surface area contributed by atoms with E-state index in [1.165, 1.54) is 38.7 Å². The molecule has 0 fully saturated rings. The topological polar surface area (TPSA) is 36.0 Å². The van der Waals surface area contributed by atoms with Crippen LogP contribution in [-0.2, 0) is 6.42 Å². The first-order chi connectivity index (χ1) is 8.93. The molecular formula is C17H23NO. The molecule has 102 valence electrons. The lowest BCUT2D eigenvalue weighted by atomic mass is 9.93. The highest BCUT2D eigenvalue weighted by molar-refractivity contribution is 5.91. The highest BCUT2D eigenvalue weighted by Gasteiger charge is 2.13. The second-order valence-electron chi connectivity index (χ2n) is 5.48. The van der Waals surface area contributed by atoms with Crippen molar-refractivity contribution in [3.63, 3.8) is 0 Å². The molecule has 2 N–H and O–H groups in total. The average molecular weight is 257 g/mol. The quantitative estimate of drug-likeness (QED) is 0.759. The number of aromatic nitrogens is 1. The summed E-state index contributed by atoms with van der Waals surface area (Å²) >= 11 is 0. The third-order valence-corrected chi connectivity index (χ3v) is 4.31. The van der Waals surface area contributed by atoms with Gasteiger partial charge in [-0.3, -0.25) is 0 Å². The molecule has 1 aromatic carbocycles. The van der Waals surface area contributed by atoms with Crippen molar-refractivity contribution >= 4 is 10.9 Å². The summed E-state index contributed by atoms with van der Waals surface area (Å²) in [7, 11) is 0. The van der Waals surface area contributed by atoms with Gasteiger partial charge in [0.1, 0.15) is 0 Å². The summed E-state index contributed by atoms with van der Waals surface area (Å²) in [5.74, 6) is 0.278. The van der Waals surface area contributed by atoms with E-state index in [1.54, 1.807) is 0 Å². The molecule has 0 saturated carbocycles. The molecule has 0 aliphatic heterocycles. The Morgan fingerprint density at radius 2 is 1.74 bits per heavy atom. The fourth-order valence-electron chi connectivity index (χ4n) is 2.81. The van der Waals surface area contributed by atoms with Gasteiger partial charge in [0.05, 0.1) is 5.76 Å². The summed E-state index contributed by atoms with van der Waals surface area (Å²) in [5.41, 5.74) is 8.09. The van der Waals surface area contributed by atoms with Crippen LogP contribution in [0.5, 0.6) is 0 Å². The number of hydrogen-bond acceptors (Lipinski definition) is 1. The van der Waals surface area contributed by atoms with Crippen molar-refractivity contribution in [3.8, 4) is 0 Å². The van der Waals surface area contributed by atoms with Crippen LogP contribution >= 0.6 is 0 Å². The maximum atomic E-state index is 9.17. The Morgan fingerprint density at radius 3 is 2.37 bits per heavy atom. The van der Waals surface area contributed by atoms with Gasteiger partial charge < -0.3 is 10.1 Å². The largest absolute Gasteiger partial charge is 0.513 e. The third kappa shape index (κ3) is 2.40. The van der Waals surface area contributed by atoms with Crippen molar-refractivity contribution in [2.24, 2.45) is 0 Å². The first kappa shape index (κ1) is 13.7. The number of benzene rings is 1. The molecule has 2 rings (SSSR count). The number of aliphatic hydroxyl groups excluding tert-OH is 1. The molecule has 2 aromatic rings. The maximum Gasteiger partial charge on any atom is 0.0851 e. The van der Waals surface area contributed by atoms with E-state index < -0.39 is 0 Å².